The van der Waals surface area contributed by atoms with E-state index in [1.807, 2.05) is 48.3 Å². The van der Waals surface area contributed by atoms with E-state index >= 15 is 0 Å². The highest BCUT2D eigenvalue weighted by Gasteiger charge is 2.32. The van der Waals surface area contributed by atoms with Crippen molar-refractivity contribution in [2.75, 3.05) is 57.5 Å². The number of hydrogen-bond acceptors (Lipinski definition) is 10. The number of hydrazine groups is 1. The summed E-state index contributed by atoms with van der Waals surface area (Å²) in [6.07, 6.45) is 0.410. The Hall–Kier alpha value is -3.69. The highest BCUT2D eigenvalue weighted by atomic mass is 19.1. The normalized spacial score (nSPS) is 22.3. The maximum absolute atomic E-state index is 14.4. The number of piperazine rings is 1. The Morgan fingerprint density at radius 2 is 1.93 bits per heavy atom. The van der Waals surface area contributed by atoms with Gasteiger partial charge in [-0.25, -0.2) is 19.4 Å². The number of rotatable bonds is 7. The molecule has 6 rings (SSSR count). The van der Waals surface area contributed by atoms with E-state index in [0.717, 1.165) is 50.6 Å². The van der Waals surface area contributed by atoms with Crippen LogP contribution in [0.4, 0.5) is 16.0 Å². The van der Waals surface area contributed by atoms with E-state index in [1.165, 1.54) is 6.33 Å². The molecule has 1 aromatic heterocycles. The molecule has 3 aromatic rings. The highest BCUT2D eigenvalue weighted by molar-refractivity contribution is 5.69. The number of piperidine rings is 1. The van der Waals surface area contributed by atoms with Crippen LogP contribution >= 0.6 is 0 Å². The summed E-state index contributed by atoms with van der Waals surface area (Å²) in [6.45, 7) is 7.92. The molecule has 3 saturated heterocycles. The first-order valence-electron chi connectivity index (χ1n) is 13.8. The minimum atomic E-state index is -1.10. The molecule has 3 aliphatic rings. The molecule has 2 atom stereocenters. The van der Waals surface area contributed by atoms with Crippen LogP contribution in [0.1, 0.15) is 17.5 Å². The van der Waals surface area contributed by atoms with Crippen LogP contribution in [0.25, 0.3) is 11.4 Å². The fraction of sp³-hybridized carbons (Fsp3) is 0.448. The molecular formula is C29H33FN8O2. The molecule has 11 heteroatoms. The van der Waals surface area contributed by atoms with Gasteiger partial charge in [-0.2, -0.15) is 15.2 Å². The summed E-state index contributed by atoms with van der Waals surface area (Å²) in [5, 5.41) is 17.3. The van der Waals surface area contributed by atoms with Crippen molar-refractivity contribution >= 4 is 11.6 Å². The third-order valence-electron chi connectivity index (χ3n) is 7.76. The third-order valence-corrected chi connectivity index (χ3v) is 7.76. The Kier molecular flexibility index (Phi) is 7.84. The van der Waals surface area contributed by atoms with Gasteiger partial charge in [-0.05, 0) is 49.7 Å². The summed E-state index contributed by atoms with van der Waals surface area (Å²) in [5.41, 5.74) is 2.69. The van der Waals surface area contributed by atoms with Crippen molar-refractivity contribution < 1.29 is 13.9 Å². The molecule has 0 amide bonds. The molecule has 0 unspecified atom stereocenters. The summed E-state index contributed by atoms with van der Waals surface area (Å²) in [7, 11) is 0. The molecular weight excluding hydrogens is 511 g/mol. The third kappa shape index (κ3) is 5.48. The van der Waals surface area contributed by atoms with Gasteiger partial charge in [0.15, 0.2) is 5.82 Å². The first kappa shape index (κ1) is 26.5. The van der Waals surface area contributed by atoms with Crippen LogP contribution in [0.5, 0.6) is 5.75 Å². The number of hydrogen-bond donors (Lipinski definition) is 1. The average Bonchev–Trinajstić information content (AvgIpc) is 2.96. The molecule has 40 heavy (non-hydrogen) atoms. The Balaban J connectivity index is 1.29. The summed E-state index contributed by atoms with van der Waals surface area (Å²) in [4.78, 5) is 16.3. The minimum absolute atomic E-state index is 0.266. The van der Waals surface area contributed by atoms with Gasteiger partial charge < -0.3 is 14.8 Å². The minimum Gasteiger partial charge on any atom is -0.487 e. The van der Waals surface area contributed by atoms with Crippen LogP contribution in [-0.4, -0.2) is 95.7 Å². The molecule has 10 nitrogen and oxygen atoms in total. The van der Waals surface area contributed by atoms with Crippen molar-refractivity contribution in [1.29, 1.82) is 5.26 Å². The van der Waals surface area contributed by atoms with Crippen LogP contribution in [0.2, 0.25) is 0 Å². The number of aromatic nitrogens is 3. The summed E-state index contributed by atoms with van der Waals surface area (Å²) in [5.74, 6) is 1.38. The summed E-state index contributed by atoms with van der Waals surface area (Å²) < 4.78 is 25.8. The number of para-hydroxylation sites is 1. The van der Waals surface area contributed by atoms with Gasteiger partial charge in [-0.15, -0.1) is 0 Å². The van der Waals surface area contributed by atoms with Crippen molar-refractivity contribution in [3.05, 3.63) is 59.9 Å². The van der Waals surface area contributed by atoms with Crippen molar-refractivity contribution in [3.63, 3.8) is 0 Å². The van der Waals surface area contributed by atoms with Crippen LogP contribution in [0, 0.1) is 18.3 Å². The van der Waals surface area contributed by atoms with Crippen LogP contribution < -0.4 is 15.1 Å². The number of nitriles is 1. The zero-order valence-corrected chi connectivity index (χ0v) is 22.5. The molecule has 2 aromatic carbocycles. The zero-order chi connectivity index (χ0) is 27.5. The van der Waals surface area contributed by atoms with Crippen molar-refractivity contribution in [3.8, 4) is 23.2 Å². The largest absolute Gasteiger partial charge is 0.487 e. The molecule has 0 bridgehead atoms. The number of benzene rings is 2. The van der Waals surface area contributed by atoms with Gasteiger partial charge in [0, 0.05) is 38.3 Å². The lowest BCUT2D eigenvalue weighted by Crippen LogP contribution is -2.59. The van der Waals surface area contributed by atoms with Crippen LogP contribution in [0.15, 0.2) is 48.8 Å². The molecule has 208 valence electrons. The summed E-state index contributed by atoms with van der Waals surface area (Å²) in [6, 6.07) is 16.3. The van der Waals surface area contributed by atoms with Crippen LogP contribution in [-0.2, 0) is 4.74 Å². The molecule has 0 radical (unpaired) electrons. The predicted octanol–water partition coefficient (Wildman–Crippen LogP) is 2.87. The molecule has 3 fully saturated rings. The lowest BCUT2D eigenvalue weighted by atomic mass is 10.0. The van der Waals surface area contributed by atoms with E-state index in [4.69, 9.17) is 14.5 Å². The lowest BCUT2D eigenvalue weighted by Gasteiger charge is -2.45. The zero-order valence-electron chi connectivity index (χ0n) is 22.5. The molecule has 3 aliphatic heterocycles. The van der Waals surface area contributed by atoms with E-state index in [0.29, 0.717) is 47.7 Å². The smallest absolute Gasteiger partial charge is 0.248 e. The maximum atomic E-state index is 14.4. The van der Waals surface area contributed by atoms with E-state index in [9.17, 15) is 9.65 Å². The number of aryl methyl sites for hydroxylation is 1. The fourth-order valence-corrected chi connectivity index (χ4v) is 5.39. The standard InChI is InChI=1S/C29H33FN8O2/c1-20-13-24(21(15-31)14-27(20)40-26-7-8-32-16-25(26)30)28-33-19-34-29(35-28)38(22-5-3-2-4-6-22)37-11-9-36(10-12-37)23-17-39-18-23/h2-6,13-14,19,23,25-26,32H,7-12,16-18H2,1H3/t25-,26-/m0/s1. The maximum Gasteiger partial charge on any atom is 0.248 e. The SMILES string of the molecule is Cc1cc(-c2ncnc(N(c3ccccc3)N3CCN(C4COC4)CC3)n2)c(C#N)cc1O[C@H]1CCNC[C@@H]1F. The lowest BCUT2D eigenvalue weighted by molar-refractivity contribution is -0.0769. The van der Waals surface area contributed by atoms with E-state index < -0.39 is 12.3 Å². The second-order valence-corrected chi connectivity index (χ2v) is 10.4. The number of nitrogens with one attached hydrogen (secondary N) is 1. The van der Waals surface area contributed by atoms with Gasteiger partial charge in [0.1, 0.15) is 30.4 Å². The molecule has 0 aliphatic carbocycles. The average molecular weight is 545 g/mol. The number of nitrogens with zero attached hydrogens (tertiary/aromatic N) is 7. The van der Waals surface area contributed by atoms with Gasteiger partial charge >= 0.3 is 0 Å². The molecule has 0 spiro atoms. The Morgan fingerprint density at radius 3 is 2.62 bits per heavy atom. The summed E-state index contributed by atoms with van der Waals surface area (Å²) >= 11 is 0. The quantitative estimate of drug-likeness (QED) is 0.478. The topological polar surface area (TPSA) is 103 Å². The van der Waals surface area contributed by atoms with E-state index in [2.05, 4.69) is 31.3 Å². The number of ether oxygens (including phenoxy) is 2. The van der Waals surface area contributed by atoms with Gasteiger partial charge in [-0.3, -0.25) is 4.90 Å². The molecule has 1 N–H and O–H groups in total. The van der Waals surface area contributed by atoms with E-state index in [-0.39, 0.29) is 6.54 Å². The van der Waals surface area contributed by atoms with Crippen molar-refractivity contribution in [2.24, 2.45) is 0 Å². The molecule has 0 saturated carbocycles. The number of alkyl halides is 1. The van der Waals surface area contributed by atoms with Crippen molar-refractivity contribution in [1.82, 2.24) is 30.2 Å². The van der Waals surface area contributed by atoms with E-state index in [1.54, 1.807) is 6.07 Å². The van der Waals surface area contributed by atoms with Gasteiger partial charge in [0.2, 0.25) is 5.95 Å². The second-order valence-electron chi connectivity index (χ2n) is 10.4. The first-order chi connectivity index (χ1) is 19.6. The number of anilines is 2. The van der Waals surface area contributed by atoms with Crippen molar-refractivity contribution in [2.45, 2.75) is 31.7 Å². The predicted molar refractivity (Wildman–Crippen MR) is 148 cm³/mol. The van der Waals surface area contributed by atoms with Gasteiger partial charge in [0.25, 0.3) is 0 Å². The Bertz CT molecular complexity index is 1360. The number of halogens is 1. The van der Waals surface area contributed by atoms with Gasteiger partial charge in [-0.1, -0.05) is 18.2 Å². The monoisotopic (exact) mass is 544 g/mol. The van der Waals surface area contributed by atoms with Gasteiger partial charge in [0.05, 0.1) is 30.5 Å². The second kappa shape index (κ2) is 11.8. The highest BCUT2D eigenvalue weighted by Crippen LogP contribution is 2.32. The fourth-order valence-electron chi connectivity index (χ4n) is 5.39. The molecule has 4 heterocycles. The Labute approximate surface area is 233 Å². The van der Waals surface area contributed by atoms with Crippen LogP contribution in [0.3, 0.4) is 0 Å². The first-order valence-corrected chi connectivity index (χ1v) is 13.8. The Morgan fingerprint density at radius 1 is 1.12 bits per heavy atom.